The van der Waals surface area contributed by atoms with E-state index >= 15 is 0 Å². The van der Waals surface area contributed by atoms with Crippen LogP contribution in [-0.4, -0.2) is 37.1 Å². The van der Waals surface area contributed by atoms with Crippen LogP contribution in [-0.2, 0) is 13.1 Å². The van der Waals surface area contributed by atoms with Gasteiger partial charge in [-0.15, -0.1) is 0 Å². The molecule has 0 spiro atoms. The molecule has 0 unspecified atom stereocenters. The summed E-state index contributed by atoms with van der Waals surface area (Å²) in [6.07, 6.45) is 0. The van der Waals surface area contributed by atoms with E-state index in [1.54, 1.807) is 11.0 Å². The molecule has 22 heavy (non-hydrogen) atoms. The van der Waals surface area contributed by atoms with E-state index in [0.29, 0.717) is 18.1 Å². The molecule has 0 atom stereocenters. The molecule has 0 aromatic carbocycles. The summed E-state index contributed by atoms with van der Waals surface area (Å²) < 4.78 is 1.30. The largest absolute Gasteiger partial charge is 0.330 e. The van der Waals surface area contributed by atoms with Gasteiger partial charge in [-0.25, -0.2) is 10.1 Å². The second-order valence-corrected chi connectivity index (χ2v) is 5.32. The Hall–Kier alpha value is -2.77. The van der Waals surface area contributed by atoms with Gasteiger partial charge in [0.05, 0.1) is 6.54 Å². The van der Waals surface area contributed by atoms with Crippen molar-refractivity contribution in [1.29, 1.82) is 0 Å². The van der Waals surface area contributed by atoms with Crippen molar-refractivity contribution in [2.45, 2.75) is 26.9 Å². The van der Waals surface area contributed by atoms with E-state index in [1.807, 2.05) is 19.9 Å². The van der Waals surface area contributed by atoms with Crippen molar-refractivity contribution in [3.8, 4) is 0 Å². The Kier molecular flexibility index (Phi) is 3.36. The third kappa shape index (κ3) is 2.43. The number of amides is 1. The minimum Gasteiger partial charge on any atom is -0.328 e. The van der Waals surface area contributed by atoms with Crippen LogP contribution in [0.2, 0.25) is 0 Å². The standard InChI is InChI=1S/C14H15N5O3/c1-8-5-9(2)15-10(6-8)13(21)18-3-4-19-11(7-18)16-17-12(20)14(19)22/h5-6H,3-4,7H2,1-2H3,(H,17,20). The van der Waals surface area contributed by atoms with Crippen LogP contribution in [0, 0.1) is 13.8 Å². The molecule has 0 saturated heterocycles. The lowest BCUT2D eigenvalue weighted by molar-refractivity contribution is 0.0695. The van der Waals surface area contributed by atoms with E-state index in [2.05, 4.69) is 15.2 Å². The van der Waals surface area contributed by atoms with Crippen molar-refractivity contribution >= 4 is 5.91 Å². The van der Waals surface area contributed by atoms with Crippen LogP contribution >= 0.6 is 0 Å². The van der Waals surface area contributed by atoms with Crippen molar-refractivity contribution in [3.63, 3.8) is 0 Å². The maximum Gasteiger partial charge on any atom is 0.330 e. The third-order valence-corrected chi connectivity index (χ3v) is 3.57. The number of carbonyl (C=O) groups is 1. The van der Waals surface area contributed by atoms with Gasteiger partial charge in [0.25, 0.3) is 5.91 Å². The van der Waals surface area contributed by atoms with E-state index in [-0.39, 0.29) is 19.0 Å². The van der Waals surface area contributed by atoms with Gasteiger partial charge in [-0.1, -0.05) is 0 Å². The quantitative estimate of drug-likeness (QED) is 0.722. The Morgan fingerprint density at radius 2 is 2.00 bits per heavy atom. The van der Waals surface area contributed by atoms with Gasteiger partial charge in [0.15, 0.2) is 5.82 Å². The van der Waals surface area contributed by atoms with Crippen LogP contribution in [0.4, 0.5) is 0 Å². The molecule has 0 radical (unpaired) electrons. The second-order valence-electron chi connectivity index (χ2n) is 5.32. The predicted molar refractivity (Wildman–Crippen MR) is 77.6 cm³/mol. The highest BCUT2D eigenvalue weighted by atomic mass is 16.2. The van der Waals surface area contributed by atoms with Crippen molar-refractivity contribution in [1.82, 2.24) is 24.6 Å². The fourth-order valence-corrected chi connectivity index (χ4v) is 2.57. The van der Waals surface area contributed by atoms with Gasteiger partial charge in [0.2, 0.25) is 0 Å². The summed E-state index contributed by atoms with van der Waals surface area (Å²) in [5, 5.41) is 6.00. The molecule has 0 aliphatic carbocycles. The Morgan fingerprint density at radius 1 is 1.23 bits per heavy atom. The Bertz CT molecular complexity index is 847. The van der Waals surface area contributed by atoms with Crippen molar-refractivity contribution < 1.29 is 4.79 Å². The fourth-order valence-electron chi connectivity index (χ4n) is 2.57. The lowest BCUT2D eigenvalue weighted by atomic mass is 10.2. The molecule has 3 rings (SSSR count). The number of hydrogen-bond donors (Lipinski definition) is 1. The Balaban J connectivity index is 1.91. The second kappa shape index (κ2) is 5.21. The number of aromatic nitrogens is 4. The number of aryl methyl sites for hydroxylation is 2. The fraction of sp³-hybridized carbons (Fsp3) is 0.357. The summed E-state index contributed by atoms with van der Waals surface area (Å²) in [4.78, 5) is 41.3. The average molecular weight is 301 g/mol. The summed E-state index contributed by atoms with van der Waals surface area (Å²) in [5.74, 6) is 0.159. The Morgan fingerprint density at radius 3 is 2.73 bits per heavy atom. The summed E-state index contributed by atoms with van der Waals surface area (Å²) in [7, 11) is 0. The van der Waals surface area contributed by atoms with E-state index in [4.69, 9.17) is 0 Å². The van der Waals surface area contributed by atoms with E-state index < -0.39 is 11.1 Å². The molecule has 1 amide bonds. The number of hydrogen-bond acceptors (Lipinski definition) is 5. The molecule has 1 aliphatic heterocycles. The number of nitrogens with one attached hydrogen (secondary N) is 1. The highest BCUT2D eigenvalue weighted by Gasteiger charge is 2.25. The molecule has 1 N–H and O–H groups in total. The molecule has 1 aliphatic rings. The molecule has 114 valence electrons. The minimum atomic E-state index is -0.750. The first kappa shape index (κ1) is 14.2. The van der Waals surface area contributed by atoms with Crippen molar-refractivity contribution in [2.75, 3.05) is 6.54 Å². The number of pyridine rings is 1. The SMILES string of the molecule is Cc1cc(C)nc(C(=O)N2CCn3c(n[nH]c(=O)c3=O)C2)c1. The van der Waals surface area contributed by atoms with Crippen LogP contribution in [0.5, 0.6) is 0 Å². The Labute approximate surface area is 125 Å². The lowest BCUT2D eigenvalue weighted by Crippen LogP contribution is -2.47. The zero-order chi connectivity index (χ0) is 15.9. The van der Waals surface area contributed by atoms with E-state index in [0.717, 1.165) is 11.3 Å². The van der Waals surface area contributed by atoms with Crippen LogP contribution in [0.1, 0.15) is 27.6 Å². The maximum atomic E-state index is 12.5. The van der Waals surface area contributed by atoms with Crippen molar-refractivity contribution in [2.24, 2.45) is 0 Å². The smallest absolute Gasteiger partial charge is 0.328 e. The van der Waals surface area contributed by atoms with Gasteiger partial charge in [0, 0.05) is 18.8 Å². The summed E-state index contributed by atoms with van der Waals surface area (Å²) in [6, 6.07) is 3.63. The number of nitrogens with zero attached hydrogens (tertiary/aromatic N) is 4. The van der Waals surface area contributed by atoms with Crippen LogP contribution in [0.3, 0.4) is 0 Å². The molecule has 0 saturated carbocycles. The first-order valence-corrected chi connectivity index (χ1v) is 6.88. The first-order valence-electron chi connectivity index (χ1n) is 6.88. The van der Waals surface area contributed by atoms with Gasteiger partial charge < -0.3 is 4.90 Å². The lowest BCUT2D eigenvalue weighted by Gasteiger charge is -2.28. The third-order valence-electron chi connectivity index (χ3n) is 3.57. The molecule has 2 aromatic rings. The number of carbonyl (C=O) groups excluding carboxylic acids is 1. The van der Waals surface area contributed by atoms with Gasteiger partial charge in [0.1, 0.15) is 5.69 Å². The molecule has 0 fully saturated rings. The molecular weight excluding hydrogens is 286 g/mol. The number of fused-ring (bicyclic) bond motifs is 1. The van der Waals surface area contributed by atoms with Gasteiger partial charge >= 0.3 is 11.1 Å². The van der Waals surface area contributed by atoms with Crippen LogP contribution < -0.4 is 11.1 Å². The zero-order valence-corrected chi connectivity index (χ0v) is 12.3. The summed E-state index contributed by atoms with van der Waals surface area (Å²) in [5.41, 5.74) is 0.727. The van der Waals surface area contributed by atoms with Gasteiger partial charge in [-0.05, 0) is 31.5 Å². The number of rotatable bonds is 1. The highest BCUT2D eigenvalue weighted by Crippen LogP contribution is 2.12. The topological polar surface area (TPSA) is 101 Å². The van der Waals surface area contributed by atoms with E-state index in [9.17, 15) is 14.4 Å². The zero-order valence-electron chi connectivity index (χ0n) is 12.3. The normalized spacial score (nSPS) is 13.8. The van der Waals surface area contributed by atoms with Gasteiger partial charge in [-0.2, -0.15) is 5.10 Å². The average Bonchev–Trinajstić information content (AvgIpc) is 2.49. The molecule has 8 nitrogen and oxygen atoms in total. The van der Waals surface area contributed by atoms with Crippen LogP contribution in [0.15, 0.2) is 21.7 Å². The molecule has 3 heterocycles. The molecule has 0 bridgehead atoms. The minimum absolute atomic E-state index is 0.166. The van der Waals surface area contributed by atoms with Crippen LogP contribution in [0.25, 0.3) is 0 Å². The number of H-pyrrole nitrogens is 1. The summed E-state index contributed by atoms with van der Waals surface area (Å²) in [6.45, 7) is 4.50. The summed E-state index contributed by atoms with van der Waals surface area (Å²) >= 11 is 0. The monoisotopic (exact) mass is 301 g/mol. The van der Waals surface area contributed by atoms with E-state index in [1.165, 1.54) is 4.57 Å². The first-order chi connectivity index (χ1) is 10.5. The molecule has 2 aromatic heterocycles. The molecule has 8 heteroatoms. The maximum absolute atomic E-state index is 12.5. The number of aromatic amines is 1. The predicted octanol–water partition coefficient (Wildman–Crippen LogP) is -0.401. The highest BCUT2D eigenvalue weighted by molar-refractivity contribution is 5.92. The van der Waals surface area contributed by atoms with Crippen molar-refractivity contribution in [3.05, 3.63) is 55.6 Å². The van der Waals surface area contributed by atoms with Gasteiger partial charge in [-0.3, -0.25) is 19.0 Å². The molecular formula is C14H15N5O3.